The molecule has 1 amide bonds. The lowest BCUT2D eigenvalue weighted by atomic mass is 9.85. The van der Waals surface area contributed by atoms with Gasteiger partial charge in [-0.15, -0.1) is 0 Å². The summed E-state index contributed by atoms with van der Waals surface area (Å²) < 4.78 is 5.27. The Morgan fingerprint density at radius 3 is 2.68 bits per heavy atom. The number of nitrogens with two attached hydrogens (primary N) is 1. The number of hydrogen-bond donors (Lipinski definition) is 2. The molecule has 19 heavy (non-hydrogen) atoms. The minimum Gasteiger partial charge on any atom is -0.469 e. The Morgan fingerprint density at radius 1 is 1.47 bits per heavy atom. The van der Waals surface area contributed by atoms with Gasteiger partial charge in [-0.2, -0.15) is 0 Å². The van der Waals surface area contributed by atoms with Crippen molar-refractivity contribution in [3.05, 3.63) is 24.2 Å². The van der Waals surface area contributed by atoms with E-state index in [2.05, 4.69) is 5.32 Å². The van der Waals surface area contributed by atoms with Crippen LogP contribution in [0.15, 0.2) is 22.8 Å². The van der Waals surface area contributed by atoms with E-state index in [9.17, 15) is 4.79 Å². The van der Waals surface area contributed by atoms with E-state index in [1.807, 2.05) is 39.8 Å². The molecule has 1 rings (SSSR count). The van der Waals surface area contributed by atoms with Crippen LogP contribution >= 0.6 is 0 Å². The van der Waals surface area contributed by atoms with Gasteiger partial charge in [0.25, 0.3) is 0 Å². The third kappa shape index (κ3) is 5.92. The van der Waals surface area contributed by atoms with Crippen LogP contribution < -0.4 is 11.1 Å². The summed E-state index contributed by atoms with van der Waals surface area (Å²) in [6.45, 7) is 8.14. The van der Waals surface area contributed by atoms with Crippen LogP contribution in [0.4, 0.5) is 0 Å². The average molecular weight is 266 g/mol. The molecule has 0 fully saturated rings. The van der Waals surface area contributed by atoms with Crippen molar-refractivity contribution in [3.8, 4) is 0 Å². The molecule has 0 radical (unpaired) electrons. The van der Waals surface area contributed by atoms with E-state index in [0.29, 0.717) is 6.42 Å². The highest BCUT2D eigenvalue weighted by atomic mass is 16.3. The predicted octanol–water partition coefficient (Wildman–Crippen LogP) is 2.48. The second-order valence-electron chi connectivity index (χ2n) is 6.26. The lowest BCUT2D eigenvalue weighted by molar-refractivity contribution is -0.122. The van der Waals surface area contributed by atoms with E-state index >= 15 is 0 Å². The highest BCUT2D eigenvalue weighted by Crippen LogP contribution is 2.19. The Morgan fingerprint density at radius 2 is 2.16 bits per heavy atom. The molecule has 3 N–H and O–H groups in total. The molecule has 0 saturated carbocycles. The van der Waals surface area contributed by atoms with E-state index in [4.69, 9.17) is 10.2 Å². The van der Waals surface area contributed by atoms with Crippen molar-refractivity contribution in [2.75, 3.05) is 0 Å². The summed E-state index contributed by atoms with van der Waals surface area (Å²) in [7, 11) is 0. The van der Waals surface area contributed by atoms with Gasteiger partial charge >= 0.3 is 0 Å². The first-order chi connectivity index (χ1) is 8.79. The Bertz CT molecular complexity index is 379. The first-order valence-corrected chi connectivity index (χ1v) is 6.86. The van der Waals surface area contributed by atoms with E-state index in [1.165, 1.54) is 0 Å². The van der Waals surface area contributed by atoms with Crippen molar-refractivity contribution in [2.24, 2.45) is 11.1 Å². The van der Waals surface area contributed by atoms with Gasteiger partial charge in [0.15, 0.2) is 0 Å². The van der Waals surface area contributed by atoms with Crippen LogP contribution in [0.25, 0.3) is 0 Å². The number of hydrogen-bond acceptors (Lipinski definition) is 3. The zero-order valence-electron chi connectivity index (χ0n) is 12.4. The highest BCUT2D eigenvalue weighted by Gasteiger charge is 2.23. The molecule has 0 aliphatic carbocycles. The average Bonchev–Trinajstić information content (AvgIpc) is 2.77. The molecule has 4 heteroatoms. The summed E-state index contributed by atoms with van der Waals surface area (Å²) in [5, 5.41) is 2.98. The maximum Gasteiger partial charge on any atom is 0.221 e. The maximum absolute atomic E-state index is 11.9. The molecule has 0 saturated heterocycles. The molecule has 0 aliphatic rings. The van der Waals surface area contributed by atoms with Crippen LogP contribution in [0.3, 0.4) is 0 Å². The summed E-state index contributed by atoms with van der Waals surface area (Å²) in [5.41, 5.74) is 5.96. The molecule has 1 aromatic rings. The van der Waals surface area contributed by atoms with Gasteiger partial charge in [0, 0.05) is 24.9 Å². The molecule has 2 atom stereocenters. The molecular weight excluding hydrogens is 240 g/mol. The minimum absolute atomic E-state index is 0.0226. The number of carbonyl (C=O) groups is 1. The molecule has 4 nitrogen and oxygen atoms in total. The number of carbonyl (C=O) groups excluding carboxylic acids is 1. The molecule has 0 aromatic carbocycles. The fraction of sp³-hybridized carbons (Fsp3) is 0.667. The predicted molar refractivity (Wildman–Crippen MR) is 76.7 cm³/mol. The quantitative estimate of drug-likeness (QED) is 0.831. The summed E-state index contributed by atoms with van der Waals surface area (Å²) in [5.74, 6) is 0.974. The number of aryl methyl sites for hydroxylation is 1. The van der Waals surface area contributed by atoms with Gasteiger partial charge in [-0.25, -0.2) is 0 Å². The smallest absolute Gasteiger partial charge is 0.221 e. The van der Waals surface area contributed by atoms with Crippen molar-refractivity contribution in [1.82, 2.24) is 5.32 Å². The lowest BCUT2D eigenvalue weighted by Gasteiger charge is -2.27. The molecular formula is C15H26N2O2. The Labute approximate surface area is 115 Å². The Kier molecular flexibility index (Phi) is 5.60. The van der Waals surface area contributed by atoms with Gasteiger partial charge in [0.2, 0.25) is 5.91 Å². The van der Waals surface area contributed by atoms with Gasteiger partial charge in [-0.3, -0.25) is 4.79 Å². The van der Waals surface area contributed by atoms with Gasteiger partial charge in [0.1, 0.15) is 5.76 Å². The fourth-order valence-electron chi connectivity index (χ4n) is 1.73. The number of rotatable bonds is 6. The van der Waals surface area contributed by atoms with Gasteiger partial charge < -0.3 is 15.5 Å². The van der Waals surface area contributed by atoms with Crippen LogP contribution in [0.2, 0.25) is 0 Å². The molecule has 0 aliphatic heterocycles. The van der Waals surface area contributed by atoms with Crippen molar-refractivity contribution in [2.45, 2.75) is 59.0 Å². The van der Waals surface area contributed by atoms with Gasteiger partial charge in [0.05, 0.1) is 6.26 Å². The Balaban J connectivity index is 2.28. The third-order valence-electron chi connectivity index (χ3n) is 3.33. The highest BCUT2D eigenvalue weighted by molar-refractivity contribution is 5.76. The molecule has 108 valence electrons. The summed E-state index contributed by atoms with van der Waals surface area (Å²) in [4.78, 5) is 11.9. The Hall–Kier alpha value is -1.29. The number of furan rings is 1. The number of nitrogens with one attached hydrogen (secondary N) is 1. The monoisotopic (exact) mass is 266 g/mol. The maximum atomic E-state index is 11.9. The lowest BCUT2D eigenvalue weighted by Crippen LogP contribution is -2.42. The summed E-state index contributed by atoms with van der Waals surface area (Å²) >= 11 is 0. The van der Waals surface area contributed by atoms with Crippen molar-refractivity contribution in [1.29, 1.82) is 0 Å². The first kappa shape index (κ1) is 15.8. The SMILES string of the molecule is CC(CCc1ccco1)NC(=O)CC(N)C(C)(C)C. The van der Waals surface area contributed by atoms with Crippen molar-refractivity contribution in [3.63, 3.8) is 0 Å². The van der Waals surface area contributed by atoms with Gasteiger partial charge in [-0.05, 0) is 30.9 Å². The van der Waals surface area contributed by atoms with E-state index in [-0.39, 0.29) is 23.4 Å². The zero-order chi connectivity index (χ0) is 14.5. The largest absolute Gasteiger partial charge is 0.469 e. The van der Waals surface area contributed by atoms with Crippen LogP contribution in [0.1, 0.15) is 46.3 Å². The molecule has 1 aromatic heterocycles. The molecule has 2 unspecified atom stereocenters. The first-order valence-electron chi connectivity index (χ1n) is 6.86. The van der Waals surface area contributed by atoms with E-state index in [1.54, 1.807) is 6.26 Å². The zero-order valence-corrected chi connectivity index (χ0v) is 12.4. The second kappa shape index (κ2) is 6.75. The standard InChI is InChI=1S/C15H26N2O2/c1-11(7-8-12-6-5-9-19-12)17-14(18)10-13(16)15(2,3)4/h5-6,9,11,13H,7-8,10,16H2,1-4H3,(H,17,18). The van der Waals surface area contributed by atoms with Crippen LogP contribution in [0.5, 0.6) is 0 Å². The van der Waals surface area contributed by atoms with Crippen molar-refractivity contribution >= 4 is 5.91 Å². The van der Waals surface area contributed by atoms with Crippen LogP contribution in [-0.2, 0) is 11.2 Å². The molecule has 0 spiro atoms. The molecule has 0 bridgehead atoms. The topological polar surface area (TPSA) is 68.3 Å². The number of amides is 1. The third-order valence-corrected chi connectivity index (χ3v) is 3.33. The fourth-order valence-corrected chi connectivity index (χ4v) is 1.73. The normalized spacial score (nSPS) is 15.0. The summed E-state index contributed by atoms with van der Waals surface area (Å²) in [6, 6.07) is 3.83. The van der Waals surface area contributed by atoms with Crippen LogP contribution in [-0.4, -0.2) is 18.0 Å². The van der Waals surface area contributed by atoms with Crippen LogP contribution in [0, 0.1) is 5.41 Å². The minimum atomic E-state index is -0.121. The second-order valence-corrected chi connectivity index (χ2v) is 6.26. The van der Waals surface area contributed by atoms with E-state index < -0.39 is 0 Å². The van der Waals surface area contributed by atoms with Crippen molar-refractivity contribution < 1.29 is 9.21 Å². The summed E-state index contributed by atoms with van der Waals surface area (Å²) in [6.07, 6.45) is 3.74. The molecule has 1 heterocycles. The van der Waals surface area contributed by atoms with E-state index in [0.717, 1.165) is 18.6 Å². The van der Waals surface area contributed by atoms with Gasteiger partial charge in [-0.1, -0.05) is 20.8 Å².